The average Bonchev–Trinajstić information content (AvgIpc) is 3.10. The van der Waals surface area contributed by atoms with Gasteiger partial charge >= 0.3 is 0 Å². The van der Waals surface area contributed by atoms with Gasteiger partial charge in [-0.05, 0) is 18.1 Å². The second-order valence-corrected chi connectivity index (χ2v) is 6.45. The van der Waals surface area contributed by atoms with E-state index in [0.29, 0.717) is 12.0 Å². The van der Waals surface area contributed by atoms with E-state index in [1.807, 2.05) is 11.8 Å². The number of thioether (sulfide) groups is 1. The minimum Gasteiger partial charge on any atom is -0.312 e. The summed E-state index contributed by atoms with van der Waals surface area (Å²) < 4.78 is 2.35. The molecule has 0 amide bonds. The lowest BCUT2D eigenvalue weighted by Gasteiger charge is -2.25. The quantitative estimate of drug-likeness (QED) is 0.921. The number of nitrogens with zero attached hydrogens (tertiary/aromatic N) is 3. The first-order valence-corrected chi connectivity index (χ1v) is 8.25. The molecule has 4 nitrogen and oxygen atoms in total. The van der Waals surface area contributed by atoms with Crippen LogP contribution in [0, 0.1) is 0 Å². The molecule has 0 saturated heterocycles. The summed E-state index contributed by atoms with van der Waals surface area (Å²) in [5.74, 6) is 3.75. The maximum absolute atomic E-state index is 4.54. The first-order chi connectivity index (χ1) is 9.88. The highest BCUT2D eigenvalue weighted by Crippen LogP contribution is 2.42. The lowest BCUT2D eigenvalue weighted by molar-refractivity contribution is 0.399. The Morgan fingerprint density at radius 3 is 3.05 bits per heavy atom. The summed E-state index contributed by atoms with van der Waals surface area (Å²) >= 11 is 1.93. The van der Waals surface area contributed by atoms with E-state index in [4.69, 9.17) is 0 Å². The van der Waals surface area contributed by atoms with Crippen LogP contribution in [-0.4, -0.2) is 27.1 Å². The number of benzene rings is 1. The van der Waals surface area contributed by atoms with Crippen molar-refractivity contribution in [1.82, 2.24) is 20.1 Å². The van der Waals surface area contributed by atoms with Crippen LogP contribution in [0.1, 0.15) is 42.5 Å². The number of fused-ring (bicyclic) bond motifs is 2. The molecule has 2 aliphatic rings. The summed E-state index contributed by atoms with van der Waals surface area (Å²) in [4.78, 5) is 1.40. The highest BCUT2D eigenvalue weighted by molar-refractivity contribution is 7.99. The Balaban J connectivity index is 1.76. The number of aromatic nitrogens is 3. The monoisotopic (exact) mass is 286 g/mol. The zero-order valence-corrected chi connectivity index (χ0v) is 12.4. The third-order valence-corrected chi connectivity index (χ3v) is 5.45. The predicted octanol–water partition coefficient (Wildman–Crippen LogP) is 2.57. The Morgan fingerprint density at radius 1 is 1.30 bits per heavy atom. The molecule has 1 aromatic heterocycles. The number of nitrogens with one attached hydrogen (secondary N) is 1. The molecule has 0 spiro atoms. The van der Waals surface area contributed by atoms with Crippen molar-refractivity contribution < 1.29 is 0 Å². The number of rotatable bonds is 2. The van der Waals surface area contributed by atoms with Crippen molar-refractivity contribution in [2.24, 2.45) is 0 Å². The first kappa shape index (κ1) is 12.4. The molecule has 2 aliphatic heterocycles. The molecule has 2 aromatic rings. The molecule has 0 bridgehead atoms. The topological polar surface area (TPSA) is 42.7 Å². The van der Waals surface area contributed by atoms with Crippen molar-refractivity contribution in [1.29, 1.82) is 0 Å². The van der Waals surface area contributed by atoms with E-state index in [-0.39, 0.29) is 0 Å². The summed E-state index contributed by atoms with van der Waals surface area (Å²) in [5.41, 5.74) is 1.42. The molecule has 1 N–H and O–H groups in total. The molecule has 2 unspecified atom stereocenters. The van der Waals surface area contributed by atoms with E-state index in [9.17, 15) is 0 Å². The van der Waals surface area contributed by atoms with Gasteiger partial charge in [0.2, 0.25) is 0 Å². The normalized spacial score (nSPS) is 24.4. The van der Waals surface area contributed by atoms with Crippen molar-refractivity contribution in [3.8, 4) is 0 Å². The van der Waals surface area contributed by atoms with Gasteiger partial charge in [-0.15, -0.1) is 22.0 Å². The second-order valence-electron chi connectivity index (χ2n) is 5.38. The zero-order chi connectivity index (χ0) is 13.5. The largest absolute Gasteiger partial charge is 0.312 e. The van der Waals surface area contributed by atoms with Crippen LogP contribution in [0.2, 0.25) is 0 Å². The molecule has 5 heteroatoms. The van der Waals surface area contributed by atoms with Crippen molar-refractivity contribution in [2.45, 2.75) is 36.7 Å². The van der Waals surface area contributed by atoms with Gasteiger partial charge in [-0.1, -0.05) is 25.1 Å². The summed E-state index contributed by atoms with van der Waals surface area (Å²) in [6.45, 7) is 4.19. The van der Waals surface area contributed by atoms with Gasteiger partial charge in [0.15, 0.2) is 0 Å². The van der Waals surface area contributed by atoms with Gasteiger partial charge in [0.25, 0.3) is 0 Å². The van der Waals surface area contributed by atoms with E-state index in [0.717, 1.165) is 36.9 Å². The molecule has 0 saturated carbocycles. The van der Waals surface area contributed by atoms with E-state index in [1.54, 1.807) is 0 Å². The minimum absolute atomic E-state index is 0.356. The van der Waals surface area contributed by atoms with Crippen LogP contribution in [0.3, 0.4) is 0 Å². The minimum atomic E-state index is 0.356. The van der Waals surface area contributed by atoms with Gasteiger partial charge in [-0.3, -0.25) is 0 Å². The fourth-order valence-corrected chi connectivity index (χ4v) is 4.44. The lowest BCUT2D eigenvalue weighted by Crippen LogP contribution is -2.34. The van der Waals surface area contributed by atoms with E-state index in [1.165, 1.54) is 10.5 Å². The molecule has 0 radical (unpaired) electrons. The van der Waals surface area contributed by atoms with Crippen molar-refractivity contribution >= 4 is 11.8 Å². The summed E-state index contributed by atoms with van der Waals surface area (Å²) in [7, 11) is 0. The molecule has 104 valence electrons. The maximum atomic E-state index is 4.54. The van der Waals surface area contributed by atoms with Gasteiger partial charge < -0.3 is 9.88 Å². The summed E-state index contributed by atoms with van der Waals surface area (Å²) in [6, 6.07) is 9.05. The van der Waals surface area contributed by atoms with Crippen LogP contribution in [0.4, 0.5) is 0 Å². The molecular formula is C15H18N4S. The Kier molecular flexibility index (Phi) is 3.04. The van der Waals surface area contributed by atoms with Crippen LogP contribution < -0.4 is 5.32 Å². The average molecular weight is 286 g/mol. The van der Waals surface area contributed by atoms with Gasteiger partial charge in [0, 0.05) is 23.7 Å². The predicted molar refractivity (Wildman–Crippen MR) is 80.1 cm³/mol. The zero-order valence-electron chi connectivity index (χ0n) is 11.5. The summed E-state index contributed by atoms with van der Waals surface area (Å²) in [5, 5.41) is 12.5. The first-order valence-electron chi connectivity index (χ1n) is 7.26. The highest BCUT2D eigenvalue weighted by Gasteiger charge is 2.32. The maximum Gasteiger partial charge on any atom is 0.150 e. The third kappa shape index (κ3) is 1.80. The smallest absolute Gasteiger partial charge is 0.150 e. The molecule has 1 aromatic carbocycles. The molecular weight excluding hydrogens is 268 g/mol. The Labute approximate surface area is 123 Å². The van der Waals surface area contributed by atoms with Crippen LogP contribution in [-0.2, 0) is 6.54 Å². The molecule has 0 aliphatic carbocycles. The highest BCUT2D eigenvalue weighted by atomic mass is 32.2. The lowest BCUT2D eigenvalue weighted by atomic mass is 10.0. The van der Waals surface area contributed by atoms with E-state index >= 15 is 0 Å². The van der Waals surface area contributed by atoms with Crippen molar-refractivity contribution in [2.75, 3.05) is 12.3 Å². The number of hydrogen-bond acceptors (Lipinski definition) is 4. The van der Waals surface area contributed by atoms with Gasteiger partial charge in [-0.2, -0.15) is 0 Å². The summed E-state index contributed by atoms with van der Waals surface area (Å²) in [6.07, 6.45) is 1.06. The van der Waals surface area contributed by atoms with Gasteiger partial charge in [0.1, 0.15) is 11.6 Å². The second kappa shape index (κ2) is 4.90. The van der Waals surface area contributed by atoms with Crippen LogP contribution in [0.15, 0.2) is 29.2 Å². The fourth-order valence-electron chi connectivity index (χ4n) is 3.22. The Bertz CT molecular complexity index is 637. The van der Waals surface area contributed by atoms with E-state index < -0.39 is 0 Å². The van der Waals surface area contributed by atoms with Gasteiger partial charge in [0.05, 0.1) is 12.0 Å². The Morgan fingerprint density at radius 2 is 2.15 bits per heavy atom. The van der Waals surface area contributed by atoms with Crippen LogP contribution in [0.25, 0.3) is 0 Å². The fraction of sp³-hybridized carbons (Fsp3) is 0.467. The number of hydrogen-bond donors (Lipinski definition) is 1. The standard InChI is InChI=1S/C15H18N4S/c1-2-12-15-18-17-14(19(15)8-7-16-12)11-9-20-13-6-4-3-5-10(11)13/h3-6,11-12,16H,2,7-9H2,1H3. The molecule has 20 heavy (non-hydrogen) atoms. The van der Waals surface area contributed by atoms with Crippen LogP contribution >= 0.6 is 11.8 Å². The molecule has 0 fully saturated rings. The SMILES string of the molecule is CCC1NCCn2c1nnc2C1CSc2ccccc21. The molecule has 3 heterocycles. The molecule has 2 atom stereocenters. The third-order valence-electron chi connectivity index (χ3n) is 4.27. The van der Waals surface area contributed by atoms with Crippen molar-refractivity contribution in [3.05, 3.63) is 41.5 Å². The Hall–Kier alpha value is -1.33. The van der Waals surface area contributed by atoms with Gasteiger partial charge in [-0.25, -0.2) is 0 Å². The molecule has 4 rings (SSSR count). The van der Waals surface area contributed by atoms with Crippen LogP contribution in [0.5, 0.6) is 0 Å². The van der Waals surface area contributed by atoms with Crippen molar-refractivity contribution in [3.63, 3.8) is 0 Å². The van der Waals surface area contributed by atoms with E-state index in [2.05, 4.69) is 51.3 Å².